The number of nitrogens with one attached hydrogen (secondary N) is 1. The number of ether oxygens (including phenoxy) is 1. The molecule has 1 aromatic rings. The maximum Gasteiger partial charge on any atom is 0.329 e. The van der Waals surface area contributed by atoms with Gasteiger partial charge >= 0.3 is 12.0 Å². The number of hydrogen-bond acceptors (Lipinski definition) is 5. The summed E-state index contributed by atoms with van der Waals surface area (Å²) in [6, 6.07) is -0.176. The van der Waals surface area contributed by atoms with Gasteiger partial charge in [0.15, 0.2) is 0 Å². The third-order valence-electron chi connectivity index (χ3n) is 2.78. The highest BCUT2D eigenvalue weighted by atomic mass is 32.1. The summed E-state index contributed by atoms with van der Waals surface area (Å²) >= 11 is 1.48. The summed E-state index contributed by atoms with van der Waals surface area (Å²) in [6.45, 7) is 2.70. The van der Waals surface area contributed by atoms with Crippen LogP contribution in [0.3, 0.4) is 0 Å². The fourth-order valence-electron chi connectivity index (χ4n) is 1.84. The van der Waals surface area contributed by atoms with E-state index in [0.717, 1.165) is 4.88 Å². The van der Waals surface area contributed by atoms with Gasteiger partial charge in [0, 0.05) is 11.1 Å². The molecule has 2 amide bonds. The van der Waals surface area contributed by atoms with Gasteiger partial charge in [-0.1, -0.05) is 0 Å². The number of urea groups is 1. The monoisotopic (exact) mass is 285 g/mol. The van der Waals surface area contributed by atoms with Gasteiger partial charge < -0.3 is 20.1 Å². The Bertz CT molecular complexity index is 457. The molecule has 0 atom stereocenters. The number of carbonyl (C=O) groups excluding carboxylic acids is 1. The second kappa shape index (κ2) is 5.54. The Kier molecular flexibility index (Phi) is 4.01. The van der Waals surface area contributed by atoms with Crippen LogP contribution >= 0.6 is 11.3 Å². The number of carboxylic acid groups (broad SMARTS) is 1. The molecule has 1 saturated heterocycles. The van der Waals surface area contributed by atoms with Gasteiger partial charge in [0.05, 0.1) is 25.1 Å². The van der Waals surface area contributed by atoms with E-state index in [9.17, 15) is 9.59 Å². The molecular formula is C11H15N3O4S. The van der Waals surface area contributed by atoms with E-state index in [1.165, 1.54) is 11.3 Å². The maximum atomic E-state index is 11.8. The molecule has 8 heteroatoms. The molecule has 2 N–H and O–H groups in total. The lowest BCUT2D eigenvalue weighted by molar-refractivity contribution is -0.159. The van der Waals surface area contributed by atoms with E-state index in [1.807, 2.05) is 0 Å². The zero-order valence-electron chi connectivity index (χ0n) is 10.5. The van der Waals surface area contributed by atoms with Crippen molar-refractivity contribution in [3.63, 3.8) is 0 Å². The second-order valence-electron chi connectivity index (χ2n) is 4.61. The molecule has 0 aromatic carbocycles. The molecule has 0 aliphatic carbocycles. The first kappa shape index (κ1) is 13.8. The predicted molar refractivity (Wildman–Crippen MR) is 67.9 cm³/mol. The quantitative estimate of drug-likeness (QED) is 0.823. The predicted octanol–water partition coefficient (Wildman–Crippen LogP) is 0.528. The van der Waals surface area contributed by atoms with Gasteiger partial charge in [0.1, 0.15) is 12.2 Å². The van der Waals surface area contributed by atoms with Crippen molar-refractivity contribution in [3.8, 4) is 0 Å². The summed E-state index contributed by atoms with van der Waals surface area (Å²) in [6.07, 6.45) is 1.71. The first-order valence-corrected chi connectivity index (χ1v) is 6.62. The summed E-state index contributed by atoms with van der Waals surface area (Å²) in [7, 11) is 0. The number of aromatic nitrogens is 1. The van der Waals surface area contributed by atoms with Crippen molar-refractivity contribution in [3.05, 3.63) is 16.6 Å². The van der Waals surface area contributed by atoms with Crippen LogP contribution < -0.4 is 5.32 Å². The molecule has 1 aliphatic rings. The highest BCUT2D eigenvalue weighted by Crippen LogP contribution is 2.24. The number of nitrogens with zero attached hydrogens (tertiary/aromatic N) is 2. The Labute approximate surface area is 114 Å². The van der Waals surface area contributed by atoms with Crippen molar-refractivity contribution in [2.45, 2.75) is 19.1 Å². The van der Waals surface area contributed by atoms with Crippen LogP contribution in [0.5, 0.6) is 0 Å². The van der Waals surface area contributed by atoms with Crippen molar-refractivity contribution in [2.75, 3.05) is 19.7 Å². The van der Waals surface area contributed by atoms with Gasteiger partial charge in [-0.25, -0.2) is 9.59 Å². The SMILES string of the molecule is CC1(OCC(=O)O)CN(C(=O)NCc2cncs2)C1. The first-order chi connectivity index (χ1) is 8.98. The summed E-state index contributed by atoms with van der Waals surface area (Å²) < 4.78 is 5.23. The summed E-state index contributed by atoms with van der Waals surface area (Å²) in [5, 5.41) is 11.3. The molecule has 1 fully saturated rings. The van der Waals surface area contributed by atoms with Gasteiger partial charge in [0.2, 0.25) is 0 Å². The Balaban J connectivity index is 1.70. The van der Waals surface area contributed by atoms with Crippen LogP contribution in [0.2, 0.25) is 0 Å². The molecule has 0 spiro atoms. The number of rotatable bonds is 5. The smallest absolute Gasteiger partial charge is 0.329 e. The van der Waals surface area contributed by atoms with Crippen LogP contribution in [0.4, 0.5) is 4.79 Å². The van der Waals surface area contributed by atoms with E-state index >= 15 is 0 Å². The molecule has 1 aromatic heterocycles. The number of likely N-dealkylation sites (tertiary alicyclic amines) is 1. The minimum Gasteiger partial charge on any atom is -0.480 e. The van der Waals surface area contributed by atoms with Crippen LogP contribution in [0.15, 0.2) is 11.7 Å². The number of thiazole rings is 1. The summed E-state index contributed by atoms with van der Waals surface area (Å²) in [5.41, 5.74) is 1.15. The highest BCUT2D eigenvalue weighted by Gasteiger charge is 2.42. The molecule has 0 saturated carbocycles. The van der Waals surface area contributed by atoms with Gasteiger partial charge in [-0.05, 0) is 6.92 Å². The number of aliphatic carboxylic acids is 1. The average Bonchev–Trinajstić information content (AvgIpc) is 2.83. The van der Waals surface area contributed by atoms with Crippen molar-refractivity contribution in [2.24, 2.45) is 0 Å². The van der Waals surface area contributed by atoms with E-state index in [2.05, 4.69) is 10.3 Å². The van der Waals surface area contributed by atoms with Crippen molar-refractivity contribution in [1.82, 2.24) is 15.2 Å². The normalized spacial score (nSPS) is 16.8. The lowest BCUT2D eigenvalue weighted by Gasteiger charge is -2.46. The highest BCUT2D eigenvalue weighted by molar-refractivity contribution is 7.09. The molecule has 19 heavy (non-hydrogen) atoms. The van der Waals surface area contributed by atoms with Gasteiger partial charge in [0.25, 0.3) is 0 Å². The van der Waals surface area contributed by atoms with E-state index in [1.54, 1.807) is 23.5 Å². The zero-order valence-corrected chi connectivity index (χ0v) is 11.3. The van der Waals surface area contributed by atoms with Crippen LogP contribution in [0, 0.1) is 0 Å². The lowest BCUT2D eigenvalue weighted by atomic mass is 9.97. The fourth-order valence-corrected chi connectivity index (χ4v) is 2.37. The summed E-state index contributed by atoms with van der Waals surface area (Å²) in [5.74, 6) is -1.01. The average molecular weight is 285 g/mol. The number of carbonyl (C=O) groups is 2. The van der Waals surface area contributed by atoms with Crippen LogP contribution in [0.1, 0.15) is 11.8 Å². The molecule has 2 heterocycles. The Morgan fingerprint density at radius 3 is 2.95 bits per heavy atom. The standard InChI is InChI=1S/C11H15N3O4S/c1-11(18-4-9(15)16)5-14(6-11)10(17)13-3-8-2-12-7-19-8/h2,7H,3-6H2,1H3,(H,13,17)(H,15,16). The summed E-state index contributed by atoms with van der Waals surface area (Å²) in [4.78, 5) is 28.7. The first-order valence-electron chi connectivity index (χ1n) is 5.74. The van der Waals surface area contributed by atoms with Crippen LogP contribution in [-0.2, 0) is 16.1 Å². The molecule has 7 nitrogen and oxygen atoms in total. The molecule has 0 radical (unpaired) electrons. The van der Waals surface area contributed by atoms with Crippen LogP contribution in [-0.4, -0.2) is 52.3 Å². The molecule has 0 unspecified atom stereocenters. The maximum absolute atomic E-state index is 11.8. The number of carboxylic acids is 1. The van der Waals surface area contributed by atoms with Crippen molar-refractivity contribution in [1.29, 1.82) is 0 Å². The third-order valence-corrected chi connectivity index (χ3v) is 3.56. The fraction of sp³-hybridized carbons (Fsp3) is 0.545. The lowest BCUT2D eigenvalue weighted by Crippen LogP contribution is -2.65. The van der Waals surface area contributed by atoms with E-state index in [4.69, 9.17) is 9.84 Å². The van der Waals surface area contributed by atoms with E-state index < -0.39 is 11.6 Å². The molecule has 1 aliphatic heterocycles. The van der Waals surface area contributed by atoms with E-state index in [-0.39, 0.29) is 12.6 Å². The number of hydrogen-bond donors (Lipinski definition) is 2. The molecule has 0 bridgehead atoms. The minimum absolute atomic E-state index is 0.176. The van der Waals surface area contributed by atoms with Gasteiger partial charge in [-0.15, -0.1) is 11.3 Å². The Hall–Kier alpha value is -1.67. The zero-order chi connectivity index (χ0) is 13.9. The van der Waals surface area contributed by atoms with Crippen LogP contribution in [0.25, 0.3) is 0 Å². The Morgan fingerprint density at radius 2 is 2.37 bits per heavy atom. The topological polar surface area (TPSA) is 91.8 Å². The van der Waals surface area contributed by atoms with E-state index in [0.29, 0.717) is 19.6 Å². The molecular weight excluding hydrogens is 270 g/mol. The third kappa shape index (κ3) is 3.65. The van der Waals surface area contributed by atoms with Crippen molar-refractivity contribution < 1.29 is 19.4 Å². The molecule has 2 rings (SSSR count). The molecule has 104 valence electrons. The minimum atomic E-state index is -1.01. The van der Waals surface area contributed by atoms with Gasteiger partial charge in [-0.3, -0.25) is 4.98 Å². The Morgan fingerprint density at radius 1 is 1.63 bits per heavy atom. The second-order valence-corrected chi connectivity index (χ2v) is 5.59. The van der Waals surface area contributed by atoms with Gasteiger partial charge in [-0.2, -0.15) is 0 Å². The number of amides is 2. The largest absolute Gasteiger partial charge is 0.480 e. The van der Waals surface area contributed by atoms with Crippen molar-refractivity contribution >= 4 is 23.3 Å².